The Bertz CT molecular complexity index is 270. The smallest absolute Gasteiger partial charge is 0.225 e. The topological polar surface area (TPSA) is 98.2 Å². The third kappa shape index (κ3) is 3.20. The third-order valence-electron chi connectivity index (χ3n) is 3.21. The van der Waals surface area contributed by atoms with E-state index in [-0.39, 0.29) is 24.3 Å². The molecule has 0 heterocycles. The molecular formula is C11H21N3O2. The summed E-state index contributed by atoms with van der Waals surface area (Å²) in [6, 6.07) is -0.159. The van der Waals surface area contributed by atoms with E-state index in [2.05, 4.69) is 5.32 Å². The average molecular weight is 227 g/mol. The largest absolute Gasteiger partial charge is 0.369 e. The maximum absolute atomic E-state index is 11.4. The molecule has 1 atom stereocenters. The molecule has 1 fully saturated rings. The van der Waals surface area contributed by atoms with Crippen LogP contribution < -0.4 is 16.8 Å². The van der Waals surface area contributed by atoms with Crippen molar-refractivity contribution >= 4 is 11.8 Å². The molecular weight excluding hydrogens is 206 g/mol. The van der Waals surface area contributed by atoms with Gasteiger partial charge in [0.1, 0.15) is 0 Å². The highest BCUT2D eigenvalue weighted by Crippen LogP contribution is 2.37. The van der Waals surface area contributed by atoms with Gasteiger partial charge in [-0.2, -0.15) is 0 Å². The van der Waals surface area contributed by atoms with Crippen molar-refractivity contribution in [3.8, 4) is 0 Å². The van der Waals surface area contributed by atoms with Crippen LogP contribution in [0, 0.1) is 5.41 Å². The summed E-state index contributed by atoms with van der Waals surface area (Å²) in [7, 11) is 0. The van der Waals surface area contributed by atoms with Crippen LogP contribution in [0.1, 0.15) is 39.0 Å². The molecule has 1 aliphatic rings. The van der Waals surface area contributed by atoms with E-state index in [4.69, 9.17) is 11.5 Å². The van der Waals surface area contributed by atoms with Gasteiger partial charge >= 0.3 is 0 Å². The van der Waals surface area contributed by atoms with Crippen LogP contribution in [-0.2, 0) is 9.59 Å². The first kappa shape index (κ1) is 13.0. The number of hydrogen-bond donors (Lipinski definition) is 3. The Morgan fingerprint density at radius 1 is 1.38 bits per heavy atom. The van der Waals surface area contributed by atoms with Crippen molar-refractivity contribution in [1.29, 1.82) is 0 Å². The maximum Gasteiger partial charge on any atom is 0.225 e. The van der Waals surface area contributed by atoms with Crippen molar-refractivity contribution in [3.63, 3.8) is 0 Å². The number of amides is 2. The zero-order chi connectivity index (χ0) is 12.2. The number of hydrogen-bond acceptors (Lipinski definition) is 3. The van der Waals surface area contributed by atoms with Crippen LogP contribution in [0.2, 0.25) is 0 Å². The predicted octanol–water partition coefficient (Wildman–Crippen LogP) is -0.114. The van der Waals surface area contributed by atoms with Crippen molar-refractivity contribution in [2.75, 3.05) is 6.54 Å². The van der Waals surface area contributed by atoms with E-state index in [9.17, 15) is 9.59 Å². The maximum atomic E-state index is 11.4. The molecule has 1 rings (SSSR count). The minimum Gasteiger partial charge on any atom is -0.369 e. The normalized spacial score (nSPS) is 20.4. The van der Waals surface area contributed by atoms with Crippen LogP contribution in [0.15, 0.2) is 0 Å². The lowest BCUT2D eigenvalue weighted by Gasteiger charge is -2.25. The molecule has 0 aliphatic heterocycles. The summed E-state index contributed by atoms with van der Waals surface area (Å²) in [5, 5.41) is 2.76. The molecule has 2 amide bonds. The van der Waals surface area contributed by atoms with E-state index in [0.29, 0.717) is 6.54 Å². The number of carbonyl (C=O) groups excluding carboxylic acids is 2. The molecule has 5 N–H and O–H groups in total. The summed E-state index contributed by atoms with van der Waals surface area (Å²) in [5.41, 5.74) is 10.4. The molecule has 1 aliphatic carbocycles. The molecule has 0 aromatic rings. The fourth-order valence-electron chi connectivity index (χ4n) is 2.19. The Morgan fingerprint density at radius 2 is 1.94 bits per heavy atom. The van der Waals surface area contributed by atoms with Crippen LogP contribution in [0.25, 0.3) is 0 Å². The van der Waals surface area contributed by atoms with Gasteiger partial charge < -0.3 is 16.8 Å². The quantitative estimate of drug-likeness (QED) is 0.611. The van der Waals surface area contributed by atoms with E-state index >= 15 is 0 Å². The lowest BCUT2D eigenvalue weighted by atomic mass is 9.85. The molecule has 0 aromatic carbocycles. The first-order valence-electron chi connectivity index (χ1n) is 5.78. The van der Waals surface area contributed by atoms with E-state index < -0.39 is 5.41 Å². The van der Waals surface area contributed by atoms with E-state index in [0.717, 1.165) is 25.7 Å². The minimum atomic E-state index is -0.520. The summed E-state index contributed by atoms with van der Waals surface area (Å²) in [6.45, 7) is 2.13. The van der Waals surface area contributed by atoms with Crippen molar-refractivity contribution in [1.82, 2.24) is 5.32 Å². The van der Waals surface area contributed by atoms with Crippen LogP contribution in [0.5, 0.6) is 0 Å². The monoisotopic (exact) mass is 227 g/mol. The highest BCUT2D eigenvalue weighted by atomic mass is 16.2. The molecule has 1 unspecified atom stereocenters. The highest BCUT2D eigenvalue weighted by Gasteiger charge is 2.39. The van der Waals surface area contributed by atoms with Gasteiger partial charge in [-0.05, 0) is 19.8 Å². The zero-order valence-corrected chi connectivity index (χ0v) is 9.79. The Balaban J connectivity index is 2.45. The van der Waals surface area contributed by atoms with Gasteiger partial charge in [0.2, 0.25) is 11.8 Å². The van der Waals surface area contributed by atoms with Crippen LogP contribution in [0.3, 0.4) is 0 Å². The van der Waals surface area contributed by atoms with Crippen molar-refractivity contribution in [2.45, 2.75) is 45.1 Å². The summed E-state index contributed by atoms with van der Waals surface area (Å²) in [5.74, 6) is -0.409. The van der Waals surface area contributed by atoms with Crippen molar-refractivity contribution < 1.29 is 9.59 Å². The molecule has 0 bridgehead atoms. The van der Waals surface area contributed by atoms with Crippen molar-refractivity contribution in [3.05, 3.63) is 0 Å². The van der Waals surface area contributed by atoms with Gasteiger partial charge in [-0.3, -0.25) is 9.59 Å². The fraction of sp³-hybridized carbons (Fsp3) is 0.818. The molecule has 92 valence electrons. The molecule has 1 saturated carbocycles. The Hall–Kier alpha value is -1.10. The van der Waals surface area contributed by atoms with Gasteiger partial charge in [-0.25, -0.2) is 0 Å². The Labute approximate surface area is 95.9 Å². The van der Waals surface area contributed by atoms with Crippen LogP contribution >= 0.6 is 0 Å². The minimum absolute atomic E-state index is 0.109. The first-order chi connectivity index (χ1) is 7.46. The second kappa shape index (κ2) is 5.30. The van der Waals surface area contributed by atoms with Crippen LogP contribution in [-0.4, -0.2) is 24.4 Å². The lowest BCUT2D eigenvalue weighted by Crippen LogP contribution is -2.45. The SMILES string of the molecule is CC(N)CC(=O)NCC1(C(N)=O)CCCC1. The number of nitrogens with one attached hydrogen (secondary N) is 1. The van der Waals surface area contributed by atoms with E-state index in [1.807, 2.05) is 0 Å². The summed E-state index contributed by atoms with van der Waals surface area (Å²) < 4.78 is 0. The third-order valence-corrected chi connectivity index (χ3v) is 3.21. The molecule has 16 heavy (non-hydrogen) atoms. The Morgan fingerprint density at radius 3 is 2.38 bits per heavy atom. The molecule has 0 spiro atoms. The highest BCUT2D eigenvalue weighted by molar-refractivity contribution is 5.83. The second-order valence-corrected chi connectivity index (χ2v) is 4.81. The van der Waals surface area contributed by atoms with E-state index in [1.165, 1.54) is 0 Å². The number of carbonyl (C=O) groups is 2. The average Bonchev–Trinajstić information content (AvgIpc) is 2.63. The molecule has 5 nitrogen and oxygen atoms in total. The van der Waals surface area contributed by atoms with Crippen molar-refractivity contribution in [2.24, 2.45) is 16.9 Å². The molecule has 0 saturated heterocycles. The second-order valence-electron chi connectivity index (χ2n) is 4.81. The summed E-state index contributed by atoms with van der Waals surface area (Å²) >= 11 is 0. The van der Waals surface area contributed by atoms with Gasteiger partial charge in [0, 0.05) is 19.0 Å². The predicted molar refractivity (Wildman–Crippen MR) is 61.4 cm³/mol. The number of primary amides is 1. The first-order valence-corrected chi connectivity index (χ1v) is 5.78. The Kier molecular flexibility index (Phi) is 4.29. The summed E-state index contributed by atoms with van der Waals surface area (Å²) in [6.07, 6.45) is 3.86. The summed E-state index contributed by atoms with van der Waals surface area (Å²) in [4.78, 5) is 22.8. The standard InChI is InChI=1S/C11H21N3O2/c1-8(12)6-9(15)14-7-11(10(13)16)4-2-3-5-11/h8H,2-7,12H2,1H3,(H2,13,16)(H,14,15). The number of nitrogens with two attached hydrogens (primary N) is 2. The number of rotatable bonds is 5. The van der Waals surface area contributed by atoms with E-state index in [1.54, 1.807) is 6.92 Å². The molecule has 0 radical (unpaired) electrons. The fourth-order valence-corrected chi connectivity index (χ4v) is 2.19. The lowest BCUT2D eigenvalue weighted by molar-refractivity contribution is -0.128. The molecule has 5 heteroatoms. The van der Waals surface area contributed by atoms with Gasteiger partial charge in [0.25, 0.3) is 0 Å². The van der Waals surface area contributed by atoms with Gasteiger partial charge in [-0.1, -0.05) is 12.8 Å². The molecule has 0 aromatic heterocycles. The van der Waals surface area contributed by atoms with Gasteiger partial charge in [0.05, 0.1) is 5.41 Å². The van der Waals surface area contributed by atoms with Gasteiger partial charge in [-0.15, -0.1) is 0 Å². The van der Waals surface area contributed by atoms with Gasteiger partial charge in [0.15, 0.2) is 0 Å². The van der Waals surface area contributed by atoms with Crippen LogP contribution in [0.4, 0.5) is 0 Å². The zero-order valence-electron chi connectivity index (χ0n) is 9.79.